The van der Waals surface area contributed by atoms with E-state index in [2.05, 4.69) is 15.3 Å². The molecule has 0 saturated carbocycles. The first kappa shape index (κ1) is 22.6. The molecule has 2 atom stereocenters. The molecule has 2 aromatic heterocycles. The standard InChI is InChI=1S/C26H28N4O3/c1-16-4-7-24(28-13-16)20-10-21(12-22(11-20)26(33)30-9-8-23(31)15-30)25(32)29-18(3)19-6-5-17(2)27-14-19/h4-7,10-14,18,23,31H,8-9,15H2,1-3H3,(H,29,32)/t18?,23-/m1/s1. The molecule has 2 amide bonds. The number of aromatic nitrogens is 2. The number of aliphatic hydroxyl groups is 1. The molecule has 4 rings (SSSR count). The molecule has 7 heteroatoms. The van der Waals surface area contributed by atoms with E-state index in [0.29, 0.717) is 41.9 Å². The number of rotatable bonds is 5. The van der Waals surface area contributed by atoms with Crippen molar-refractivity contribution < 1.29 is 14.7 Å². The van der Waals surface area contributed by atoms with Gasteiger partial charge < -0.3 is 15.3 Å². The molecule has 7 nitrogen and oxygen atoms in total. The Morgan fingerprint density at radius 1 is 1.06 bits per heavy atom. The van der Waals surface area contributed by atoms with Crippen LogP contribution in [0.4, 0.5) is 0 Å². The average molecular weight is 445 g/mol. The molecule has 33 heavy (non-hydrogen) atoms. The van der Waals surface area contributed by atoms with Gasteiger partial charge in [0, 0.05) is 47.9 Å². The van der Waals surface area contributed by atoms with Crippen LogP contribution in [0.2, 0.25) is 0 Å². The monoisotopic (exact) mass is 444 g/mol. The number of carbonyl (C=O) groups excluding carboxylic acids is 2. The van der Waals surface area contributed by atoms with E-state index in [9.17, 15) is 14.7 Å². The van der Waals surface area contributed by atoms with Crippen molar-refractivity contribution in [3.05, 3.63) is 82.8 Å². The minimum absolute atomic E-state index is 0.203. The zero-order chi connectivity index (χ0) is 23.5. The van der Waals surface area contributed by atoms with Crippen LogP contribution in [0.25, 0.3) is 11.3 Å². The van der Waals surface area contributed by atoms with E-state index in [-0.39, 0.29) is 17.9 Å². The van der Waals surface area contributed by atoms with Gasteiger partial charge in [-0.2, -0.15) is 0 Å². The number of carbonyl (C=O) groups is 2. The minimum atomic E-state index is -0.511. The van der Waals surface area contributed by atoms with Gasteiger partial charge in [0.1, 0.15) is 0 Å². The second kappa shape index (κ2) is 9.50. The number of β-amino-alcohol motifs (C(OH)–C–C–N with tert-alkyl or cyclic N) is 1. The molecule has 1 fully saturated rings. The summed E-state index contributed by atoms with van der Waals surface area (Å²) in [7, 11) is 0. The molecule has 1 aliphatic rings. The fourth-order valence-electron chi connectivity index (χ4n) is 3.88. The number of nitrogens with one attached hydrogen (secondary N) is 1. The molecule has 0 bridgehead atoms. The molecule has 3 aromatic rings. The Bertz CT molecular complexity index is 1160. The van der Waals surface area contributed by atoms with Crippen molar-refractivity contribution in [3.63, 3.8) is 0 Å². The summed E-state index contributed by atoms with van der Waals surface area (Å²) >= 11 is 0. The summed E-state index contributed by atoms with van der Waals surface area (Å²) in [5.41, 5.74) is 4.98. The highest BCUT2D eigenvalue weighted by Gasteiger charge is 2.26. The maximum atomic E-state index is 13.2. The van der Waals surface area contributed by atoms with Gasteiger partial charge in [0.05, 0.1) is 17.8 Å². The van der Waals surface area contributed by atoms with E-state index in [1.807, 2.05) is 45.0 Å². The fourth-order valence-corrected chi connectivity index (χ4v) is 3.88. The second-order valence-electron chi connectivity index (χ2n) is 8.64. The molecule has 1 saturated heterocycles. The maximum Gasteiger partial charge on any atom is 0.253 e. The summed E-state index contributed by atoms with van der Waals surface area (Å²) in [5, 5.41) is 12.8. The number of benzene rings is 1. The number of aryl methyl sites for hydroxylation is 2. The van der Waals surface area contributed by atoms with Crippen LogP contribution < -0.4 is 5.32 Å². The topological polar surface area (TPSA) is 95.4 Å². The first-order valence-corrected chi connectivity index (χ1v) is 11.1. The van der Waals surface area contributed by atoms with Gasteiger partial charge in [0.15, 0.2) is 0 Å². The van der Waals surface area contributed by atoms with Crippen molar-refractivity contribution in [2.45, 2.75) is 39.3 Å². The van der Waals surface area contributed by atoms with Crippen LogP contribution in [0, 0.1) is 13.8 Å². The molecule has 2 N–H and O–H groups in total. The molecule has 0 spiro atoms. The number of nitrogens with zero attached hydrogens (tertiary/aromatic N) is 3. The Morgan fingerprint density at radius 2 is 1.85 bits per heavy atom. The van der Waals surface area contributed by atoms with Crippen molar-refractivity contribution in [1.82, 2.24) is 20.2 Å². The number of hydrogen-bond donors (Lipinski definition) is 2. The molecule has 1 aromatic carbocycles. The first-order valence-electron chi connectivity index (χ1n) is 11.1. The lowest BCUT2D eigenvalue weighted by Crippen LogP contribution is -2.30. The zero-order valence-electron chi connectivity index (χ0n) is 19.1. The molecule has 0 aliphatic carbocycles. The lowest BCUT2D eigenvalue weighted by Gasteiger charge is -2.18. The normalized spacial score (nSPS) is 16.5. The van der Waals surface area contributed by atoms with Crippen molar-refractivity contribution in [2.75, 3.05) is 13.1 Å². The Kier molecular flexibility index (Phi) is 6.51. The second-order valence-corrected chi connectivity index (χ2v) is 8.64. The third-order valence-corrected chi connectivity index (χ3v) is 5.88. The van der Waals surface area contributed by atoms with E-state index in [1.54, 1.807) is 35.5 Å². The Balaban J connectivity index is 1.66. The van der Waals surface area contributed by atoms with Crippen molar-refractivity contribution >= 4 is 11.8 Å². The average Bonchev–Trinajstić information content (AvgIpc) is 3.25. The van der Waals surface area contributed by atoms with Crippen molar-refractivity contribution in [3.8, 4) is 11.3 Å². The molecule has 1 unspecified atom stereocenters. The van der Waals surface area contributed by atoms with E-state index in [0.717, 1.165) is 16.8 Å². The molecular formula is C26H28N4O3. The summed E-state index contributed by atoms with van der Waals surface area (Å²) in [5.74, 6) is -0.488. The number of amides is 2. The highest BCUT2D eigenvalue weighted by molar-refractivity contribution is 6.01. The van der Waals surface area contributed by atoms with E-state index < -0.39 is 6.10 Å². The SMILES string of the molecule is Cc1ccc(-c2cc(C(=O)NC(C)c3ccc(C)nc3)cc(C(=O)N3CC[C@@H](O)C3)c2)nc1. The maximum absolute atomic E-state index is 13.2. The van der Waals surface area contributed by atoms with Crippen LogP contribution >= 0.6 is 0 Å². The van der Waals surface area contributed by atoms with E-state index >= 15 is 0 Å². The predicted octanol–water partition coefficient (Wildman–Crippen LogP) is 3.46. The molecule has 0 radical (unpaired) electrons. The lowest BCUT2D eigenvalue weighted by atomic mass is 10.0. The third-order valence-electron chi connectivity index (χ3n) is 5.88. The fraction of sp³-hybridized carbons (Fsp3) is 0.308. The highest BCUT2D eigenvalue weighted by Crippen LogP contribution is 2.24. The predicted molar refractivity (Wildman–Crippen MR) is 126 cm³/mol. The van der Waals surface area contributed by atoms with Crippen LogP contribution in [0.15, 0.2) is 54.9 Å². The Morgan fingerprint density at radius 3 is 2.48 bits per heavy atom. The van der Waals surface area contributed by atoms with Crippen LogP contribution in [-0.4, -0.2) is 51.0 Å². The Hall–Kier alpha value is -3.58. The van der Waals surface area contributed by atoms with Gasteiger partial charge in [-0.3, -0.25) is 19.6 Å². The van der Waals surface area contributed by atoms with Crippen LogP contribution in [0.5, 0.6) is 0 Å². The molecule has 3 heterocycles. The summed E-state index contributed by atoms with van der Waals surface area (Å²) in [4.78, 5) is 36.7. The smallest absolute Gasteiger partial charge is 0.253 e. The van der Waals surface area contributed by atoms with Crippen LogP contribution in [-0.2, 0) is 0 Å². The number of hydrogen-bond acceptors (Lipinski definition) is 5. The number of pyridine rings is 2. The van der Waals surface area contributed by atoms with Crippen LogP contribution in [0.1, 0.15) is 56.9 Å². The number of likely N-dealkylation sites (tertiary alicyclic amines) is 1. The van der Waals surface area contributed by atoms with Crippen molar-refractivity contribution in [1.29, 1.82) is 0 Å². The van der Waals surface area contributed by atoms with Gasteiger partial charge in [-0.1, -0.05) is 12.1 Å². The number of aliphatic hydroxyl groups excluding tert-OH is 1. The van der Waals surface area contributed by atoms with E-state index in [1.165, 1.54) is 0 Å². The quantitative estimate of drug-likeness (QED) is 0.628. The summed E-state index contributed by atoms with van der Waals surface area (Å²) in [6, 6.07) is 12.5. The van der Waals surface area contributed by atoms with Gasteiger partial charge >= 0.3 is 0 Å². The highest BCUT2D eigenvalue weighted by atomic mass is 16.3. The molecular weight excluding hydrogens is 416 g/mol. The van der Waals surface area contributed by atoms with Gasteiger partial charge in [-0.05, 0) is 68.7 Å². The Labute approximate surface area is 193 Å². The third kappa shape index (κ3) is 5.26. The van der Waals surface area contributed by atoms with Gasteiger partial charge in [-0.25, -0.2) is 0 Å². The van der Waals surface area contributed by atoms with E-state index in [4.69, 9.17) is 0 Å². The molecule has 1 aliphatic heterocycles. The minimum Gasteiger partial charge on any atom is -0.391 e. The first-order chi connectivity index (χ1) is 15.8. The van der Waals surface area contributed by atoms with Gasteiger partial charge in [0.2, 0.25) is 0 Å². The van der Waals surface area contributed by atoms with Gasteiger partial charge in [-0.15, -0.1) is 0 Å². The summed E-state index contributed by atoms with van der Waals surface area (Å²) in [6.45, 7) is 6.55. The van der Waals surface area contributed by atoms with Crippen LogP contribution in [0.3, 0.4) is 0 Å². The van der Waals surface area contributed by atoms with Crippen molar-refractivity contribution in [2.24, 2.45) is 0 Å². The molecule has 170 valence electrons. The summed E-state index contributed by atoms with van der Waals surface area (Å²) in [6.07, 6.45) is 3.55. The largest absolute Gasteiger partial charge is 0.391 e. The lowest BCUT2D eigenvalue weighted by molar-refractivity contribution is 0.0765. The zero-order valence-corrected chi connectivity index (χ0v) is 19.1. The van der Waals surface area contributed by atoms with Gasteiger partial charge in [0.25, 0.3) is 11.8 Å². The summed E-state index contributed by atoms with van der Waals surface area (Å²) < 4.78 is 0.